The van der Waals surface area contributed by atoms with Crippen molar-refractivity contribution in [1.29, 1.82) is 0 Å². The maximum Gasteiger partial charge on any atom is 0.314 e. The van der Waals surface area contributed by atoms with Gasteiger partial charge in [-0.1, -0.05) is 0 Å². The summed E-state index contributed by atoms with van der Waals surface area (Å²) in [6.45, 7) is 9.38. The summed E-state index contributed by atoms with van der Waals surface area (Å²) < 4.78 is 2.11. The number of nitrogens with one attached hydrogen (secondary N) is 2. The lowest BCUT2D eigenvalue weighted by Gasteiger charge is -2.11. The van der Waals surface area contributed by atoms with Crippen molar-refractivity contribution in [3.8, 4) is 0 Å². The number of carbonyl (C=O) groups excluding carboxylic acids is 1. The van der Waals surface area contributed by atoms with Gasteiger partial charge in [0.05, 0.1) is 11.8 Å². The topological polar surface area (TPSA) is 97.9 Å². The molecule has 0 bridgehead atoms. The lowest BCUT2D eigenvalue weighted by molar-refractivity contribution is 0.238. The van der Waals surface area contributed by atoms with Crippen LogP contribution in [0.5, 0.6) is 0 Å². The number of rotatable bonds is 6. The molecule has 0 unspecified atom stereocenters. The van der Waals surface area contributed by atoms with E-state index >= 15 is 0 Å². The van der Waals surface area contributed by atoms with Crippen LogP contribution in [0.4, 0.5) is 10.6 Å². The number of anilines is 1. The maximum atomic E-state index is 11.5. The van der Waals surface area contributed by atoms with E-state index in [0.29, 0.717) is 12.4 Å². The van der Waals surface area contributed by atoms with Gasteiger partial charge in [-0.3, -0.25) is 0 Å². The predicted molar refractivity (Wildman–Crippen MR) is 92.3 cm³/mol. The molecular formula is C16H26N6O. The first kappa shape index (κ1) is 17.1. The molecule has 23 heavy (non-hydrogen) atoms. The van der Waals surface area contributed by atoms with Crippen molar-refractivity contribution in [1.82, 2.24) is 25.2 Å². The number of aromatic nitrogens is 3. The fourth-order valence-corrected chi connectivity index (χ4v) is 2.54. The summed E-state index contributed by atoms with van der Waals surface area (Å²) in [5, 5.41) is 5.66. The first-order chi connectivity index (χ1) is 10.9. The number of nitrogens with two attached hydrogens (primary N) is 1. The van der Waals surface area contributed by atoms with Crippen LogP contribution in [0.1, 0.15) is 37.9 Å². The summed E-state index contributed by atoms with van der Waals surface area (Å²) in [6, 6.07) is 0.0380. The highest BCUT2D eigenvalue weighted by atomic mass is 16.2. The number of nitrogens with zero attached hydrogens (tertiary/aromatic N) is 3. The van der Waals surface area contributed by atoms with Gasteiger partial charge in [-0.25, -0.2) is 14.8 Å². The van der Waals surface area contributed by atoms with Crippen molar-refractivity contribution in [2.45, 2.75) is 53.1 Å². The number of urea groups is 1. The highest BCUT2D eigenvalue weighted by molar-refractivity contribution is 5.88. The quantitative estimate of drug-likeness (QED) is 0.711. The van der Waals surface area contributed by atoms with E-state index in [1.807, 2.05) is 34.0 Å². The van der Waals surface area contributed by atoms with Gasteiger partial charge in [0, 0.05) is 24.8 Å². The highest BCUT2D eigenvalue weighted by Gasteiger charge is 2.12. The van der Waals surface area contributed by atoms with E-state index in [0.717, 1.165) is 41.7 Å². The molecule has 2 amide bonds. The van der Waals surface area contributed by atoms with E-state index in [-0.39, 0.29) is 12.1 Å². The summed E-state index contributed by atoms with van der Waals surface area (Å²) in [5.74, 6) is 0.480. The average Bonchev–Trinajstić information content (AvgIpc) is 2.88. The zero-order valence-electron chi connectivity index (χ0n) is 14.3. The number of pyridine rings is 1. The highest BCUT2D eigenvalue weighted by Crippen LogP contribution is 2.23. The molecule has 0 aliphatic heterocycles. The zero-order valence-corrected chi connectivity index (χ0v) is 14.3. The molecule has 2 heterocycles. The van der Waals surface area contributed by atoms with Gasteiger partial charge in [-0.05, 0) is 46.1 Å². The predicted octanol–water partition coefficient (Wildman–Crippen LogP) is 2.12. The second-order valence-electron chi connectivity index (χ2n) is 6.10. The minimum Gasteiger partial charge on any atom is -0.382 e. The minimum atomic E-state index is -0.113. The Labute approximate surface area is 136 Å². The monoisotopic (exact) mass is 318 g/mol. The van der Waals surface area contributed by atoms with Crippen LogP contribution < -0.4 is 16.4 Å². The number of hydrogen-bond donors (Lipinski definition) is 3. The molecule has 0 atom stereocenters. The van der Waals surface area contributed by atoms with Gasteiger partial charge in [0.15, 0.2) is 5.82 Å². The molecule has 0 aliphatic carbocycles. The number of fused-ring (bicyclic) bond motifs is 1. The Bertz CT molecular complexity index is 691. The van der Waals surface area contributed by atoms with Crippen molar-refractivity contribution in [3.05, 3.63) is 17.6 Å². The van der Waals surface area contributed by atoms with Gasteiger partial charge in [0.1, 0.15) is 5.52 Å². The number of nitrogen functional groups attached to an aromatic ring is 1. The number of unbranched alkanes of at least 4 members (excludes halogenated alkanes) is 1. The lowest BCUT2D eigenvalue weighted by Crippen LogP contribution is -2.39. The third-order valence-electron chi connectivity index (χ3n) is 3.80. The molecule has 0 spiro atoms. The van der Waals surface area contributed by atoms with E-state index in [1.165, 1.54) is 0 Å². The molecule has 0 saturated carbocycles. The summed E-state index contributed by atoms with van der Waals surface area (Å²) in [7, 11) is 0. The standard InChI is InChI=1S/C16H26N6O/c1-10(2)20-16(23)18-7-5-6-8-22-9-19-13-14(22)11(3)12(4)21-15(13)17/h9-10H,5-8H2,1-4H3,(H2,17,21)(H2,18,20,23). The Morgan fingerprint density at radius 1 is 1.35 bits per heavy atom. The van der Waals surface area contributed by atoms with Crippen molar-refractivity contribution in [3.63, 3.8) is 0 Å². The summed E-state index contributed by atoms with van der Waals surface area (Å²) in [6.07, 6.45) is 3.67. The third-order valence-corrected chi connectivity index (χ3v) is 3.80. The Morgan fingerprint density at radius 3 is 2.78 bits per heavy atom. The van der Waals surface area contributed by atoms with E-state index < -0.39 is 0 Å². The van der Waals surface area contributed by atoms with E-state index in [4.69, 9.17) is 5.73 Å². The summed E-state index contributed by atoms with van der Waals surface area (Å²) in [4.78, 5) is 20.2. The molecule has 4 N–H and O–H groups in total. The van der Waals surface area contributed by atoms with Crippen LogP contribution >= 0.6 is 0 Å². The van der Waals surface area contributed by atoms with Gasteiger partial charge < -0.3 is 20.9 Å². The van der Waals surface area contributed by atoms with Crippen LogP contribution in [0.2, 0.25) is 0 Å². The Morgan fingerprint density at radius 2 is 2.09 bits per heavy atom. The fraction of sp³-hybridized carbons (Fsp3) is 0.562. The van der Waals surface area contributed by atoms with Gasteiger partial charge in [-0.15, -0.1) is 0 Å². The van der Waals surface area contributed by atoms with Crippen molar-refractivity contribution < 1.29 is 4.79 Å². The summed E-state index contributed by atoms with van der Waals surface area (Å²) in [5.41, 5.74) is 9.82. The van der Waals surface area contributed by atoms with Crippen LogP contribution in [0.3, 0.4) is 0 Å². The SMILES string of the molecule is Cc1nc(N)c2ncn(CCCCNC(=O)NC(C)C)c2c1C. The maximum absolute atomic E-state index is 11.5. The molecule has 2 rings (SSSR count). The molecule has 7 heteroatoms. The number of hydrogen-bond acceptors (Lipinski definition) is 4. The number of amides is 2. The van der Waals surface area contributed by atoms with Crippen LogP contribution in [0.15, 0.2) is 6.33 Å². The molecule has 0 aromatic carbocycles. The van der Waals surface area contributed by atoms with Gasteiger partial charge in [0.2, 0.25) is 0 Å². The van der Waals surface area contributed by atoms with Crippen LogP contribution in [-0.2, 0) is 6.54 Å². The van der Waals surface area contributed by atoms with Crippen molar-refractivity contribution in [2.75, 3.05) is 12.3 Å². The Balaban J connectivity index is 1.90. The van der Waals surface area contributed by atoms with Gasteiger partial charge in [-0.2, -0.15) is 0 Å². The first-order valence-electron chi connectivity index (χ1n) is 8.02. The largest absolute Gasteiger partial charge is 0.382 e. The average molecular weight is 318 g/mol. The number of aryl methyl sites for hydroxylation is 3. The molecule has 2 aromatic rings. The molecule has 0 fully saturated rings. The van der Waals surface area contributed by atoms with Crippen molar-refractivity contribution >= 4 is 22.9 Å². The van der Waals surface area contributed by atoms with Crippen LogP contribution in [0, 0.1) is 13.8 Å². The molecule has 126 valence electrons. The fourth-order valence-electron chi connectivity index (χ4n) is 2.54. The minimum absolute atomic E-state index is 0.113. The zero-order chi connectivity index (χ0) is 17.0. The molecule has 0 aliphatic rings. The number of imidazole rings is 1. The lowest BCUT2D eigenvalue weighted by atomic mass is 10.2. The first-order valence-corrected chi connectivity index (χ1v) is 8.02. The Hall–Kier alpha value is -2.31. The Kier molecular flexibility index (Phi) is 5.41. The van der Waals surface area contributed by atoms with E-state index in [1.54, 1.807) is 0 Å². The van der Waals surface area contributed by atoms with Gasteiger partial charge >= 0.3 is 6.03 Å². The molecule has 0 saturated heterocycles. The van der Waals surface area contributed by atoms with E-state index in [9.17, 15) is 4.79 Å². The van der Waals surface area contributed by atoms with E-state index in [2.05, 4.69) is 25.2 Å². The summed E-state index contributed by atoms with van der Waals surface area (Å²) >= 11 is 0. The van der Waals surface area contributed by atoms with Crippen LogP contribution in [-0.4, -0.2) is 33.2 Å². The molecular weight excluding hydrogens is 292 g/mol. The second kappa shape index (κ2) is 7.30. The smallest absolute Gasteiger partial charge is 0.314 e. The second-order valence-corrected chi connectivity index (χ2v) is 6.10. The molecule has 2 aromatic heterocycles. The third kappa shape index (κ3) is 4.12. The molecule has 7 nitrogen and oxygen atoms in total. The normalized spacial score (nSPS) is 11.2. The van der Waals surface area contributed by atoms with Crippen molar-refractivity contribution in [2.24, 2.45) is 0 Å². The van der Waals surface area contributed by atoms with Gasteiger partial charge in [0.25, 0.3) is 0 Å². The van der Waals surface area contributed by atoms with Crippen LogP contribution in [0.25, 0.3) is 11.0 Å². The molecule has 0 radical (unpaired) electrons. The number of carbonyl (C=O) groups is 1.